The minimum atomic E-state index is -0.313. The van der Waals surface area contributed by atoms with Gasteiger partial charge in [-0.3, -0.25) is 67.1 Å². The molecule has 0 aliphatic carbocycles. The molecule has 0 saturated carbocycles. The Labute approximate surface area is 762 Å². The molecule has 1 aromatic carbocycles. The van der Waals surface area contributed by atoms with E-state index in [1.165, 1.54) is 0 Å². The van der Waals surface area contributed by atoms with Crippen molar-refractivity contribution < 1.29 is 81.3 Å². The molecule has 0 fully saturated rings. The van der Waals surface area contributed by atoms with Gasteiger partial charge >= 0.3 is 0 Å². The lowest BCUT2D eigenvalue weighted by Gasteiger charge is -2.25. The molecular weight excluding hydrogens is 1680 g/mol. The lowest BCUT2D eigenvalue weighted by molar-refractivity contribution is -0.123. The Balaban J connectivity index is 3.44. The topological polar surface area (TPSA) is 666 Å². The molecule has 14 amide bonds. The highest BCUT2D eigenvalue weighted by molar-refractivity contribution is 5.81. The van der Waals surface area contributed by atoms with Crippen molar-refractivity contribution in [3.8, 4) is 0 Å². The zero-order valence-electron chi connectivity index (χ0n) is 76.6. The molecule has 0 atom stereocenters. The highest BCUT2D eigenvalue weighted by Gasteiger charge is 2.21. The van der Waals surface area contributed by atoms with Crippen LogP contribution in [0.1, 0.15) is 95.5 Å². The summed E-state index contributed by atoms with van der Waals surface area (Å²) in [6.45, 7) is 13.5. The van der Waals surface area contributed by atoms with Crippen molar-refractivity contribution in [1.82, 2.24) is 109 Å². The van der Waals surface area contributed by atoms with E-state index < -0.39 is 0 Å². The van der Waals surface area contributed by atoms with Crippen molar-refractivity contribution in [2.24, 2.45) is 45.9 Å². The molecule has 46 heteroatoms. The Morgan fingerprint density at radius 3 is 0.504 bits per heavy atom. The number of amides is 14. The smallest absolute Gasteiger partial charge is 0.221 e. The number of nitrogens with two attached hydrogens (primary N) is 8. The first-order valence-corrected chi connectivity index (χ1v) is 45.7. The van der Waals surface area contributed by atoms with Crippen LogP contribution in [0.15, 0.2) is 30.3 Å². The van der Waals surface area contributed by atoms with Crippen molar-refractivity contribution in [1.29, 1.82) is 0 Å². The van der Waals surface area contributed by atoms with Crippen LogP contribution in [0.3, 0.4) is 0 Å². The minimum Gasteiger partial charge on any atom is -0.378 e. The van der Waals surface area contributed by atoms with Crippen LogP contribution in [0.5, 0.6) is 0 Å². The molecule has 46 nitrogen and oxygen atoms in total. The number of hydrogen-bond acceptors (Lipinski definition) is 32. The molecule has 0 aliphatic heterocycles. The summed E-state index contributed by atoms with van der Waals surface area (Å²) in [5, 5.41) is 39.6. The highest BCUT2D eigenvalue weighted by atomic mass is 16.5. The molecule has 0 unspecified atom stereocenters. The van der Waals surface area contributed by atoms with E-state index in [-0.39, 0.29) is 336 Å². The average molecular weight is 1840 g/mol. The summed E-state index contributed by atoms with van der Waals surface area (Å²) in [4.78, 5) is 195. The van der Waals surface area contributed by atoms with Crippen LogP contribution >= 0.6 is 0 Å². The second kappa shape index (κ2) is 82.2. The van der Waals surface area contributed by atoms with Gasteiger partial charge in [0, 0.05) is 371 Å². The number of benzene rings is 1. The third-order valence-electron chi connectivity index (χ3n) is 19.8. The molecule has 740 valence electrons. The van der Waals surface area contributed by atoms with Crippen LogP contribution < -0.4 is 120 Å². The van der Waals surface area contributed by atoms with Crippen molar-refractivity contribution in [2.75, 3.05) is 314 Å². The first-order valence-electron chi connectivity index (χ1n) is 45.7. The summed E-state index contributed by atoms with van der Waals surface area (Å²) in [5.41, 5.74) is 45.6. The van der Waals surface area contributed by atoms with Crippen LogP contribution in [0.2, 0.25) is 0 Å². The largest absolute Gasteiger partial charge is 0.378 e. The SMILES string of the molecule is NCCNC(=O)CCN(CCNC(=O)CCN(CCNC(=O)CCN(CCOCCOCCOCc1ccccc1)CCC(=O)NCCN(CCC(=O)NCCN(CCC(=O)NCCN)CCC(=O)NCCN)CCC(=O)NCCN(CCC(=O)NCCN)CCC(=O)NCCN)CCC(=O)NCCN(CCC(=O)NCCN)CCC(=O)NCCN)CCC(=O)NCCN. The van der Waals surface area contributed by atoms with Crippen LogP contribution in [-0.4, -0.2) is 431 Å². The Hall–Kier alpha value is -8.92. The van der Waals surface area contributed by atoms with E-state index in [2.05, 4.69) is 74.4 Å². The fourth-order valence-corrected chi connectivity index (χ4v) is 12.4. The van der Waals surface area contributed by atoms with Crippen molar-refractivity contribution in [2.45, 2.75) is 96.5 Å². The number of hydrogen-bond donors (Lipinski definition) is 22. The summed E-state index contributed by atoms with van der Waals surface area (Å²) >= 11 is 0. The number of carbonyl (C=O) groups excluding carboxylic acids is 14. The zero-order valence-corrected chi connectivity index (χ0v) is 76.6. The van der Waals surface area contributed by atoms with Gasteiger partial charge in [0.25, 0.3) is 0 Å². The molecule has 0 spiro atoms. The minimum absolute atomic E-state index is 0.0102. The van der Waals surface area contributed by atoms with E-state index >= 15 is 0 Å². The summed E-state index contributed by atoms with van der Waals surface area (Å²) < 4.78 is 17.5. The molecule has 1 rings (SSSR count). The monoisotopic (exact) mass is 1840 g/mol. The quantitative estimate of drug-likeness (QED) is 0.0269. The third kappa shape index (κ3) is 72.5. The highest BCUT2D eigenvalue weighted by Crippen LogP contribution is 2.06. The lowest BCUT2D eigenvalue weighted by Crippen LogP contribution is -2.42. The molecule has 0 radical (unpaired) electrons. The Bertz CT molecular complexity index is 2790. The number of ether oxygens (including phenoxy) is 3. The lowest BCUT2D eigenvalue weighted by atomic mass is 10.2. The van der Waals surface area contributed by atoms with E-state index in [1.54, 1.807) is 0 Å². The van der Waals surface area contributed by atoms with Crippen molar-refractivity contribution in [3.63, 3.8) is 0 Å². The molecule has 129 heavy (non-hydrogen) atoms. The van der Waals surface area contributed by atoms with Gasteiger partial charge in [0.1, 0.15) is 0 Å². The van der Waals surface area contributed by atoms with Crippen LogP contribution in [0.4, 0.5) is 0 Å². The summed E-state index contributed by atoms with van der Waals surface area (Å²) in [5.74, 6) is -3.49. The number of rotatable bonds is 87. The molecule has 0 aromatic heterocycles. The fourth-order valence-electron chi connectivity index (χ4n) is 12.4. The van der Waals surface area contributed by atoms with Crippen LogP contribution in [-0.2, 0) is 87.9 Å². The molecule has 0 aliphatic rings. The van der Waals surface area contributed by atoms with Crippen LogP contribution in [0, 0.1) is 0 Å². The Morgan fingerprint density at radius 2 is 0.333 bits per heavy atom. The molecule has 0 heterocycles. The van der Waals surface area contributed by atoms with Gasteiger partial charge in [-0.2, -0.15) is 0 Å². The van der Waals surface area contributed by atoms with Gasteiger partial charge < -0.3 is 169 Å². The first kappa shape index (κ1) is 118. The van der Waals surface area contributed by atoms with E-state index in [4.69, 9.17) is 60.1 Å². The number of carbonyl (C=O) groups is 14. The van der Waals surface area contributed by atoms with E-state index in [1.807, 2.05) is 64.6 Å². The maximum Gasteiger partial charge on any atom is 0.221 e. The normalized spacial score (nSPS) is 11.3. The summed E-state index contributed by atoms with van der Waals surface area (Å²) in [7, 11) is 0. The van der Waals surface area contributed by atoms with E-state index in [0.29, 0.717) is 157 Å². The molecule has 30 N–H and O–H groups in total. The van der Waals surface area contributed by atoms with Crippen molar-refractivity contribution in [3.05, 3.63) is 35.9 Å². The molecule has 0 saturated heterocycles. The third-order valence-corrected chi connectivity index (χ3v) is 19.8. The van der Waals surface area contributed by atoms with Gasteiger partial charge in [-0.1, -0.05) is 30.3 Å². The Kier molecular flexibility index (Phi) is 75.3. The maximum atomic E-state index is 13.9. The van der Waals surface area contributed by atoms with Crippen LogP contribution in [0.25, 0.3) is 0 Å². The molecule has 1 aromatic rings. The van der Waals surface area contributed by atoms with E-state index in [0.717, 1.165) is 5.56 Å². The van der Waals surface area contributed by atoms with Gasteiger partial charge in [-0.05, 0) is 5.56 Å². The summed E-state index contributed by atoms with van der Waals surface area (Å²) in [6, 6.07) is 9.76. The standard InChI is InChI=1S/C83H161N29O17/c84-20-28-92-70(113)6-42-106(43-7-71(114)93-29-21-85)56-36-100-78(121)14-50-110(51-15-79(122)101-37-57-107(44-8-72(115)94-30-22-86)45-9-73(116)95-31-23-87)60-40-104-82(125)18-54-112(62-63-127-64-65-128-66-67-129-68-69-4-2-1-3-5-69)55-19-83(126)105-41-61-111(52-16-80(123)102-38-58-108(46-10-74(117)96-32-24-88)47-11-75(118)97-33-25-89)53-17-81(124)103-39-59-109(48-12-76(119)98-34-26-90)49-13-77(120)99-35-27-91/h1-5H,6-68,84-91H2,(H,92,113)(H,93,114)(H,94,115)(H,95,116)(H,96,117)(H,97,118)(H,98,119)(H,99,120)(H,100,121)(H,101,122)(H,102,123)(H,103,124)(H,104,125)(H,105,126). The van der Waals surface area contributed by atoms with Gasteiger partial charge in [0.15, 0.2) is 0 Å². The number of nitrogens with zero attached hydrogens (tertiary/aromatic N) is 7. The molecular formula is C83H161N29O17. The van der Waals surface area contributed by atoms with Gasteiger partial charge in [0.2, 0.25) is 82.7 Å². The Morgan fingerprint density at radius 1 is 0.186 bits per heavy atom. The van der Waals surface area contributed by atoms with E-state index in [9.17, 15) is 67.1 Å². The maximum absolute atomic E-state index is 13.9. The number of nitrogens with one attached hydrogen (secondary N) is 14. The second-order valence-corrected chi connectivity index (χ2v) is 30.4. The predicted molar refractivity (Wildman–Crippen MR) is 492 cm³/mol. The second-order valence-electron chi connectivity index (χ2n) is 30.4. The molecule has 0 bridgehead atoms. The zero-order chi connectivity index (χ0) is 94.8. The predicted octanol–water partition coefficient (Wildman–Crippen LogP) is -10.9. The average Bonchev–Trinajstić information content (AvgIpc) is 0.909. The fraction of sp³-hybridized carbons (Fsp3) is 0.759. The van der Waals surface area contributed by atoms with Gasteiger partial charge in [0.05, 0.1) is 39.6 Å². The van der Waals surface area contributed by atoms with Crippen molar-refractivity contribution >= 4 is 82.7 Å². The summed E-state index contributed by atoms with van der Waals surface area (Å²) in [6.07, 6.45) is 1.19. The first-order chi connectivity index (χ1) is 62.5. The van der Waals surface area contributed by atoms with Gasteiger partial charge in [-0.25, -0.2) is 0 Å². The van der Waals surface area contributed by atoms with Gasteiger partial charge in [-0.15, -0.1) is 0 Å².